The molecule has 0 bridgehead atoms. The number of carbonyl (C=O) groups is 6. The zero-order valence-electron chi connectivity index (χ0n) is 31.1. The molecular formula is C35H66N6O8. The van der Waals surface area contributed by atoms with Crippen molar-refractivity contribution in [3.8, 4) is 0 Å². The van der Waals surface area contributed by atoms with Crippen molar-refractivity contribution in [1.29, 1.82) is 0 Å². The van der Waals surface area contributed by atoms with E-state index in [2.05, 4.69) is 41.1 Å². The van der Waals surface area contributed by atoms with Crippen LogP contribution in [0.1, 0.15) is 112 Å². The van der Waals surface area contributed by atoms with E-state index in [-0.39, 0.29) is 48.9 Å². The Kier molecular flexibility index (Phi) is 26.8. The smallest absolute Gasteiger partial charge is 0.305 e. The summed E-state index contributed by atoms with van der Waals surface area (Å²) in [4.78, 5) is 73.2. The van der Waals surface area contributed by atoms with Gasteiger partial charge in [0.05, 0.1) is 18.5 Å². The molecule has 2 fully saturated rings. The van der Waals surface area contributed by atoms with Gasteiger partial charge in [-0.25, -0.2) is 0 Å². The standard InChI is InChI=1S/C24H38N4O6.C5H10O2.C3H10N2.C3H8/c1-3-4-11-17(21(31)23(33)26-14-13-19(29)30)27-22(32)18-12-8-15-28(18)24(34)20(25-2)16-9-6-5-7-10-16;1-5(2,3)7-4-6;1-3(5)2-4;1-3-2/h3,16-18,20,25H,1,4-15H2,2H3,(H,26,33)(H,27,32)(H,29,30);4H,1-3H3;3H,2,4-5H2,1H3;3H2,1-2H3. The highest BCUT2D eigenvalue weighted by Gasteiger charge is 2.40. The Bertz CT molecular complexity index is 995. The van der Waals surface area contributed by atoms with E-state index in [4.69, 9.17) is 16.6 Å². The van der Waals surface area contributed by atoms with Crippen LogP contribution in [0.15, 0.2) is 12.7 Å². The fourth-order valence-electron chi connectivity index (χ4n) is 5.00. The average molecular weight is 699 g/mol. The number of rotatable bonds is 15. The van der Waals surface area contributed by atoms with Gasteiger partial charge in [-0.05, 0) is 79.2 Å². The van der Waals surface area contributed by atoms with Gasteiger partial charge >= 0.3 is 5.97 Å². The van der Waals surface area contributed by atoms with E-state index in [0.29, 0.717) is 38.8 Å². The van der Waals surface area contributed by atoms with Crippen LogP contribution in [-0.2, 0) is 33.5 Å². The predicted octanol–water partition coefficient (Wildman–Crippen LogP) is 2.42. The molecule has 0 aromatic carbocycles. The van der Waals surface area contributed by atoms with E-state index in [0.717, 1.165) is 25.7 Å². The van der Waals surface area contributed by atoms with E-state index in [1.54, 1.807) is 18.0 Å². The summed E-state index contributed by atoms with van der Waals surface area (Å²) in [7, 11) is 1.77. The van der Waals surface area contributed by atoms with Gasteiger partial charge < -0.3 is 42.2 Å². The fourth-order valence-corrected chi connectivity index (χ4v) is 5.00. The molecule has 2 aliphatic rings. The maximum absolute atomic E-state index is 13.4. The quantitative estimate of drug-likeness (QED) is 0.0828. The van der Waals surface area contributed by atoms with Gasteiger partial charge in [-0.2, -0.15) is 0 Å². The number of carboxylic acids is 1. The molecule has 4 unspecified atom stereocenters. The lowest BCUT2D eigenvalue weighted by atomic mass is 9.83. The second kappa shape index (κ2) is 27.5. The lowest BCUT2D eigenvalue weighted by Crippen LogP contribution is -2.56. The number of ether oxygens (including phenoxy) is 1. The molecule has 49 heavy (non-hydrogen) atoms. The van der Waals surface area contributed by atoms with Crippen molar-refractivity contribution in [2.24, 2.45) is 17.4 Å². The summed E-state index contributed by atoms with van der Waals surface area (Å²) < 4.78 is 4.55. The minimum atomic E-state index is -1.09. The van der Waals surface area contributed by atoms with E-state index in [1.165, 1.54) is 12.8 Å². The van der Waals surface area contributed by atoms with Gasteiger partial charge in [-0.1, -0.05) is 45.6 Å². The highest BCUT2D eigenvalue weighted by atomic mass is 16.5. The number of aliphatic carboxylic acids is 1. The van der Waals surface area contributed by atoms with Gasteiger partial charge in [-0.15, -0.1) is 6.58 Å². The third kappa shape index (κ3) is 22.1. The third-order valence-electron chi connectivity index (χ3n) is 7.45. The zero-order valence-corrected chi connectivity index (χ0v) is 31.1. The summed E-state index contributed by atoms with van der Waals surface area (Å²) in [6.45, 7) is 16.5. The third-order valence-corrected chi connectivity index (χ3v) is 7.45. The number of nitrogens with zero attached hydrogens (tertiary/aromatic N) is 1. The number of hydrogen-bond acceptors (Lipinski definition) is 10. The van der Waals surface area contributed by atoms with Crippen LogP contribution in [0.4, 0.5) is 0 Å². The van der Waals surface area contributed by atoms with E-state index in [9.17, 15) is 28.8 Å². The van der Waals surface area contributed by atoms with Crippen molar-refractivity contribution in [3.05, 3.63) is 12.7 Å². The van der Waals surface area contributed by atoms with Crippen LogP contribution in [0.3, 0.4) is 0 Å². The molecule has 8 N–H and O–H groups in total. The first kappa shape index (κ1) is 47.8. The monoisotopic (exact) mass is 698 g/mol. The van der Waals surface area contributed by atoms with E-state index in [1.807, 2.05) is 27.7 Å². The molecule has 0 aromatic rings. The average Bonchev–Trinajstić information content (AvgIpc) is 3.54. The molecule has 0 aromatic heterocycles. The normalized spacial score (nSPS) is 17.5. The maximum Gasteiger partial charge on any atom is 0.305 e. The van der Waals surface area contributed by atoms with Gasteiger partial charge in [0.25, 0.3) is 12.4 Å². The largest absolute Gasteiger partial charge is 0.481 e. The molecule has 1 saturated carbocycles. The van der Waals surface area contributed by atoms with Crippen LogP contribution in [0.5, 0.6) is 0 Å². The van der Waals surface area contributed by atoms with Crippen LogP contribution in [-0.4, -0.2) is 102 Å². The van der Waals surface area contributed by atoms with Gasteiger partial charge in [0.1, 0.15) is 11.6 Å². The SMILES string of the molecule is C=CCCC(NC(=O)C1CCCN1C(=O)C(NC)C1CCCCC1)C(=O)C(=O)NCCC(=O)O.CC(C)(C)OC=O.CC(N)CN.CCC. The molecule has 1 aliphatic heterocycles. The molecule has 1 heterocycles. The number of likely N-dealkylation sites (N-methyl/N-ethyl adjacent to an activating group) is 1. The molecule has 4 atom stereocenters. The van der Waals surface area contributed by atoms with Crippen LogP contribution in [0.25, 0.3) is 0 Å². The Morgan fingerprint density at radius 3 is 2.06 bits per heavy atom. The first-order chi connectivity index (χ1) is 23.0. The summed E-state index contributed by atoms with van der Waals surface area (Å²) in [6.07, 6.45) is 9.63. The van der Waals surface area contributed by atoms with Crippen molar-refractivity contribution in [2.45, 2.75) is 142 Å². The minimum absolute atomic E-state index is 0.0903. The number of allylic oxidation sites excluding steroid dienone is 1. The zero-order chi connectivity index (χ0) is 38.0. The molecule has 14 nitrogen and oxygen atoms in total. The van der Waals surface area contributed by atoms with Gasteiger partial charge in [-0.3, -0.25) is 28.8 Å². The number of amides is 3. The van der Waals surface area contributed by atoms with Crippen LogP contribution < -0.4 is 27.4 Å². The predicted molar refractivity (Wildman–Crippen MR) is 191 cm³/mol. The van der Waals surface area contributed by atoms with Crippen molar-refractivity contribution < 1.29 is 38.6 Å². The number of nitrogens with two attached hydrogens (primary N) is 2. The van der Waals surface area contributed by atoms with Crippen LogP contribution in [0.2, 0.25) is 0 Å². The van der Waals surface area contributed by atoms with Crippen molar-refractivity contribution in [3.63, 3.8) is 0 Å². The number of Topliss-reactive ketones (excluding diaryl/α,β-unsaturated/α-hetero) is 1. The molecule has 0 spiro atoms. The number of nitrogens with one attached hydrogen (secondary N) is 3. The first-order valence-corrected chi connectivity index (χ1v) is 17.5. The number of carboxylic acid groups (broad SMARTS) is 1. The number of ketones is 1. The second-order valence-corrected chi connectivity index (χ2v) is 13.3. The highest BCUT2D eigenvalue weighted by molar-refractivity contribution is 6.38. The summed E-state index contributed by atoms with van der Waals surface area (Å²) in [5.41, 5.74) is 9.90. The van der Waals surface area contributed by atoms with Crippen LogP contribution >= 0.6 is 0 Å². The van der Waals surface area contributed by atoms with Crippen LogP contribution in [0, 0.1) is 5.92 Å². The Hall–Kier alpha value is -3.36. The minimum Gasteiger partial charge on any atom is -0.481 e. The Labute approximate surface area is 293 Å². The summed E-state index contributed by atoms with van der Waals surface area (Å²) in [5.74, 6) is -3.18. The van der Waals surface area contributed by atoms with Crippen molar-refractivity contribution in [1.82, 2.24) is 20.9 Å². The summed E-state index contributed by atoms with van der Waals surface area (Å²) in [5, 5.41) is 16.8. The summed E-state index contributed by atoms with van der Waals surface area (Å²) >= 11 is 0. The molecule has 284 valence electrons. The maximum atomic E-state index is 13.4. The molecule has 0 radical (unpaired) electrons. The molecule has 3 amide bonds. The second-order valence-electron chi connectivity index (χ2n) is 13.3. The molecule has 2 rings (SSSR count). The Morgan fingerprint density at radius 1 is 1.06 bits per heavy atom. The molecule has 1 aliphatic carbocycles. The van der Waals surface area contributed by atoms with Gasteiger partial charge in [0, 0.05) is 25.7 Å². The number of hydrogen-bond donors (Lipinski definition) is 6. The number of likely N-dealkylation sites (tertiary alicyclic amines) is 1. The molecule has 14 heteroatoms. The lowest BCUT2D eigenvalue weighted by molar-refractivity contribution is -0.143. The lowest BCUT2D eigenvalue weighted by Gasteiger charge is -2.34. The fraction of sp³-hybridized carbons (Fsp3) is 0.771. The Morgan fingerprint density at radius 2 is 1.63 bits per heavy atom. The first-order valence-electron chi connectivity index (χ1n) is 17.5. The molecule has 1 saturated heterocycles. The molecular weight excluding hydrogens is 632 g/mol. The van der Waals surface area contributed by atoms with Gasteiger partial charge in [0.2, 0.25) is 17.6 Å². The highest BCUT2D eigenvalue weighted by Crippen LogP contribution is 2.29. The number of carbonyl (C=O) groups excluding carboxylic acids is 5. The van der Waals surface area contributed by atoms with Gasteiger partial charge in [0.15, 0.2) is 0 Å². The van der Waals surface area contributed by atoms with E-state index >= 15 is 0 Å². The topological polar surface area (TPSA) is 223 Å². The summed E-state index contributed by atoms with van der Waals surface area (Å²) in [6, 6.07) is -1.95. The van der Waals surface area contributed by atoms with E-state index < -0.39 is 35.7 Å². The Balaban J connectivity index is 0. The van der Waals surface area contributed by atoms with Crippen molar-refractivity contribution >= 4 is 35.9 Å². The van der Waals surface area contributed by atoms with Crippen molar-refractivity contribution in [2.75, 3.05) is 26.7 Å².